The normalized spacial score (nSPS) is 27.9. The van der Waals surface area contributed by atoms with Crippen LogP contribution in [0.3, 0.4) is 0 Å². The number of hydrogen-bond acceptors (Lipinski definition) is 3. The van der Waals surface area contributed by atoms with E-state index in [0.717, 1.165) is 12.5 Å². The summed E-state index contributed by atoms with van der Waals surface area (Å²) in [5.41, 5.74) is 0.165. The van der Waals surface area contributed by atoms with Gasteiger partial charge in [-0.15, -0.1) is 6.42 Å². The molecule has 114 valence electrons. The predicted molar refractivity (Wildman–Crippen MR) is 83.4 cm³/mol. The van der Waals surface area contributed by atoms with E-state index in [-0.39, 0.29) is 17.5 Å². The lowest BCUT2D eigenvalue weighted by molar-refractivity contribution is -0.122. The van der Waals surface area contributed by atoms with Crippen molar-refractivity contribution in [2.75, 3.05) is 27.2 Å². The topological polar surface area (TPSA) is 44.4 Å². The van der Waals surface area contributed by atoms with Crippen LogP contribution in [0.15, 0.2) is 0 Å². The van der Waals surface area contributed by atoms with Gasteiger partial charge in [0, 0.05) is 12.1 Å². The van der Waals surface area contributed by atoms with Crippen molar-refractivity contribution in [1.29, 1.82) is 0 Å². The molecular weight excluding hydrogens is 250 g/mol. The van der Waals surface area contributed by atoms with E-state index in [1.807, 2.05) is 6.92 Å². The molecule has 1 saturated carbocycles. The number of carbonyl (C=O) groups excluding carboxylic acids is 1. The van der Waals surface area contributed by atoms with Crippen LogP contribution in [0.4, 0.5) is 0 Å². The van der Waals surface area contributed by atoms with Crippen LogP contribution < -0.4 is 10.6 Å². The van der Waals surface area contributed by atoms with Gasteiger partial charge in [-0.25, -0.2) is 0 Å². The first-order chi connectivity index (χ1) is 9.41. The first kappa shape index (κ1) is 17.0. The van der Waals surface area contributed by atoms with Crippen molar-refractivity contribution in [3.05, 3.63) is 0 Å². The molecule has 0 aromatic rings. The maximum Gasteiger partial charge on any atom is 0.237 e. The minimum absolute atomic E-state index is 0.0271. The molecule has 1 fully saturated rings. The monoisotopic (exact) mass is 279 g/mol. The van der Waals surface area contributed by atoms with Gasteiger partial charge in [-0.2, -0.15) is 0 Å². The van der Waals surface area contributed by atoms with E-state index >= 15 is 0 Å². The molecule has 3 atom stereocenters. The molecule has 1 aliphatic rings. The Hall–Kier alpha value is -1.05. The summed E-state index contributed by atoms with van der Waals surface area (Å²) in [5.74, 6) is 3.14. The van der Waals surface area contributed by atoms with Gasteiger partial charge in [0.05, 0.1) is 12.6 Å². The molecule has 0 heterocycles. The van der Waals surface area contributed by atoms with Gasteiger partial charge < -0.3 is 15.5 Å². The van der Waals surface area contributed by atoms with Crippen LogP contribution >= 0.6 is 0 Å². The van der Waals surface area contributed by atoms with Crippen molar-refractivity contribution < 1.29 is 4.79 Å². The summed E-state index contributed by atoms with van der Waals surface area (Å²) < 4.78 is 0. The second-order valence-corrected chi connectivity index (χ2v) is 6.34. The van der Waals surface area contributed by atoms with Crippen LogP contribution in [0, 0.1) is 18.3 Å². The fraction of sp³-hybridized carbons (Fsp3) is 0.812. The highest BCUT2D eigenvalue weighted by molar-refractivity contribution is 5.81. The minimum atomic E-state index is -0.211. The highest BCUT2D eigenvalue weighted by Crippen LogP contribution is 2.35. The summed E-state index contributed by atoms with van der Waals surface area (Å²) in [6.07, 6.45) is 10.1. The lowest BCUT2D eigenvalue weighted by atomic mass is 9.75. The molecule has 1 amide bonds. The molecule has 3 unspecified atom stereocenters. The van der Waals surface area contributed by atoms with E-state index in [1.165, 1.54) is 25.7 Å². The lowest BCUT2D eigenvalue weighted by Gasteiger charge is -2.46. The van der Waals surface area contributed by atoms with Crippen molar-refractivity contribution in [2.45, 2.75) is 51.1 Å². The second kappa shape index (κ2) is 7.66. The molecule has 1 aliphatic carbocycles. The van der Waals surface area contributed by atoms with Gasteiger partial charge in [-0.05, 0) is 39.8 Å². The number of terminal acetylenes is 1. The summed E-state index contributed by atoms with van der Waals surface area (Å²) in [7, 11) is 4.28. The molecule has 0 saturated heterocycles. The molecule has 4 heteroatoms. The number of likely N-dealkylation sites (N-methyl/N-ethyl adjacent to an activating group) is 1. The van der Waals surface area contributed by atoms with Crippen LogP contribution in [-0.2, 0) is 4.79 Å². The van der Waals surface area contributed by atoms with Gasteiger partial charge in [0.15, 0.2) is 0 Å². The lowest BCUT2D eigenvalue weighted by Crippen LogP contribution is -2.57. The minimum Gasteiger partial charge on any atom is -0.344 e. The van der Waals surface area contributed by atoms with Crippen molar-refractivity contribution in [3.63, 3.8) is 0 Å². The Morgan fingerprint density at radius 1 is 1.55 bits per heavy atom. The largest absolute Gasteiger partial charge is 0.344 e. The van der Waals surface area contributed by atoms with E-state index in [1.54, 1.807) is 0 Å². The molecule has 0 radical (unpaired) electrons. The Kier molecular flexibility index (Phi) is 6.51. The molecular formula is C16H29N3O. The third-order valence-electron chi connectivity index (χ3n) is 4.51. The summed E-state index contributed by atoms with van der Waals surface area (Å²) in [5, 5.41) is 6.10. The Morgan fingerprint density at radius 3 is 2.80 bits per heavy atom. The Morgan fingerprint density at radius 2 is 2.25 bits per heavy atom. The highest BCUT2D eigenvalue weighted by atomic mass is 16.2. The Balaban J connectivity index is 2.55. The third-order valence-corrected chi connectivity index (χ3v) is 4.51. The maximum absolute atomic E-state index is 11.8. The summed E-state index contributed by atoms with van der Waals surface area (Å²) in [6.45, 7) is 5.34. The average molecular weight is 279 g/mol. The van der Waals surface area contributed by atoms with Gasteiger partial charge >= 0.3 is 0 Å². The molecule has 0 aromatic heterocycles. The molecule has 20 heavy (non-hydrogen) atoms. The van der Waals surface area contributed by atoms with Gasteiger partial charge in [-0.3, -0.25) is 4.79 Å². The van der Waals surface area contributed by atoms with E-state index in [0.29, 0.717) is 6.54 Å². The average Bonchev–Trinajstić information content (AvgIpc) is 2.41. The molecule has 1 rings (SSSR count). The zero-order chi connectivity index (χ0) is 15.2. The van der Waals surface area contributed by atoms with Crippen molar-refractivity contribution >= 4 is 5.91 Å². The first-order valence-electron chi connectivity index (χ1n) is 7.53. The van der Waals surface area contributed by atoms with E-state index < -0.39 is 0 Å². The van der Waals surface area contributed by atoms with Gasteiger partial charge in [0.25, 0.3) is 0 Å². The number of rotatable bonds is 6. The molecule has 2 N–H and O–H groups in total. The van der Waals surface area contributed by atoms with Gasteiger partial charge in [0.2, 0.25) is 5.91 Å². The fourth-order valence-corrected chi connectivity index (χ4v) is 3.08. The third kappa shape index (κ3) is 4.50. The zero-order valence-electron chi connectivity index (χ0n) is 13.3. The fourth-order valence-electron chi connectivity index (χ4n) is 3.08. The maximum atomic E-state index is 11.8. The van der Waals surface area contributed by atoms with E-state index in [9.17, 15) is 4.79 Å². The number of nitrogens with one attached hydrogen (secondary N) is 2. The predicted octanol–water partition coefficient (Wildman–Crippen LogP) is 1.22. The molecule has 0 spiro atoms. The Labute approximate surface area is 123 Å². The smallest absolute Gasteiger partial charge is 0.237 e. The molecule has 4 nitrogen and oxygen atoms in total. The van der Waals surface area contributed by atoms with Crippen molar-refractivity contribution in [3.8, 4) is 12.3 Å². The quantitative estimate of drug-likeness (QED) is 0.719. The number of carbonyl (C=O) groups is 1. The van der Waals surface area contributed by atoms with Crippen LogP contribution in [0.5, 0.6) is 0 Å². The van der Waals surface area contributed by atoms with Gasteiger partial charge in [0.1, 0.15) is 0 Å². The standard InChI is InChI=1S/C16H29N3O/c1-6-10-17-15(20)14(3)18-12-16(19(4)5)9-7-8-13(2)11-16/h1,13-14,18H,7-12H2,2-5H3,(H,17,20). The van der Waals surface area contributed by atoms with E-state index in [4.69, 9.17) is 6.42 Å². The van der Waals surface area contributed by atoms with Crippen molar-refractivity contribution in [2.24, 2.45) is 5.92 Å². The summed E-state index contributed by atoms with van der Waals surface area (Å²) >= 11 is 0. The van der Waals surface area contributed by atoms with Crippen LogP contribution in [-0.4, -0.2) is 49.6 Å². The molecule has 0 aromatic carbocycles. The summed E-state index contributed by atoms with van der Waals surface area (Å²) in [4.78, 5) is 14.2. The van der Waals surface area contributed by atoms with Crippen LogP contribution in [0.25, 0.3) is 0 Å². The van der Waals surface area contributed by atoms with Gasteiger partial charge in [-0.1, -0.05) is 25.7 Å². The highest BCUT2D eigenvalue weighted by Gasteiger charge is 2.37. The first-order valence-corrected chi connectivity index (χ1v) is 7.53. The van der Waals surface area contributed by atoms with Crippen molar-refractivity contribution in [1.82, 2.24) is 15.5 Å². The number of nitrogens with zero attached hydrogens (tertiary/aromatic N) is 1. The molecule has 0 aliphatic heterocycles. The van der Waals surface area contributed by atoms with E-state index in [2.05, 4.69) is 42.5 Å². The van der Waals surface area contributed by atoms with Crippen LogP contribution in [0.2, 0.25) is 0 Å². The summed E-state index contributed by atoms with van der Waals surface area (Å²) in [6, 6.07) is -0.211. The second-order valence-electron chi connectivity index (χ2n) is 6.34. The van der Waals surface area contributed by atoms with Crippen LogP contribution in [0.1, 0.15) is 39.5 Å². The zero-order valence-corrected chi connectivity index (χ0v) is 13.3. The number of hydrogen-bond donors (Lipinski definition) is 2. The number of amides is 1. The Bertz CT molecular complexity index is 361. The SMILES string of the molecule is C#CCNC(=O)C(C)NCC1(N(C)C)CCCC(C)C1. The molecule has 0 bridgehead atoms.